The number of aromatic amines is 1. The summed E-state index contributed by atoms with van der Waals surface area (Å²) in [6.07, 6.45) is 2.33. The third-order valence-corrected chi connectivity index (χ3v) is 5.58. The van der Waals surface area contributed by atoms with Gasteiger partial charge in [0.15, 0.2) is 0 Å². The van der Waals surface area contributed by atoms with Crippen LogP contribution < -0.4 is 10.5 Å². The molecule has 2 atom stereocenters. The van der Waals surface area contributed by atoms with Crippen LogP contribution in [0.15, 0.2) is 29.1 Å². The molecule has 9 nitrogen and oxygen atoms in total. The number of nitrogens with one attached hydrogen (secondary N) is 2. The molecule has 0 bridgehead atoms. The molecule has 30 heavy (non-hydrogen) atoms. The predicted octanol–water partition coefficient (Wildman–Crippen LogP) is 0.234. The first kappa shape index (κ1) is 20.6. The number of aryl methyl sites for hydroxylation is 1. The monoisotopic (exact) mass is 413 g/mol. The van der Waals surface area contributed by atoms with Gasteiger partial charge in [-0.1, -0.05) is 12.1 Å². The minimum absolute atomic E-state index is 0.0445. The lowest BCUT2D eigenvalue weighted by Gasteiger charge is -2.22. The van der Waals surface area contributed by atoms with Gasteiger partial charge in [0.25, 0.3) is 5.56 Å². The molecule has 0 saturated carbocycles. The van der Waals surface area contributed by atoms with E-state index in [0.29, 0.717) is 26.2 Å². The van der Waals surface area contributed by atoms with Crippen LogP contribution in [0.25, 0.3) is 10.9 Å². The molecule has 4 rings (SSSR count). The lowest BCUT2D eigenvalue weighted by atomic mass is 10.1. The summed E-state index contributed by atoms with van der Waals surface area (Å²) in [6.45, 7) is 5.97. The topological polar surface area (TPSA) is 99.4 Å². The number of hydrogen-bond acceptors (Lipinski definition) is 6. The second-order valence-electron chi connectivity index (χ2n) is 7.97. The molecule has 1 fully saturated rings. The van der Waals surface area contributed by atoms with Crippen LogP contribution in [-0.2, 0) is 29.1 Å². The third-order valence-electron chi connectivity index (χ3n) is 5.58. The molecule has 1 aliphatic heterocycles. The van der Waals surface area contributed by atoms with E-state index in [9.17, 15) is 4.79 Å². The first-order chi connectivity index (χ1) is 14.6. The van der Waals surface area contributed by atoms with E-state index in [4.69, 9.17) is 9.47 Å². The van der Waals surface area contributed by atoms with Crippen LogP contribution in [0.5, 0.6) is 0 Å². The first-order valence-electron chi connectivity index (χ1n) is 10.4. The van der Waals surface area contributed by atoms with Crippen molar-refractivity contribution in [1.29, 1.82) is 0 Å². The maximum Gasteiger partial charge on any atom is 0.257 e. The number of nitrogens with zero attached hydrogens (tertiary/aromatic N) is 4. The zero-order valence-electron chi connectivity index (χ0n) is 17.6. The van der Waals surface area contributed by atoms with E-state index in [1.807, 2.05) is 19.1 Å². The lowest BCUT2D eigenvalue weighted by Crippen LogP contribution is -3.10. The van der Waals surface area contributed by atoms with E-state index in [-0.39, 0.29) is 11.7 Å². The predicted molar refractivity (Wildman–Crippen MR) is 111 cm³/mol. The Bertz CT molecular complexity index is 1040. The van der Waals surface area contributed by atoms with Gasteiger partial charge in [0.2, 0.25) is 5.82 Å². The van der Waals surface area contributed by atoms with Gasteiger partial charge in [-0.15, -0.1) is 5.10 Å². The normalized spacial score (nSPS) is 17.6. The highest BCUT2D eigenvalue weighted by Crippen LogP contribution is 2.13. The highest BCUT2D eigenvalue weighted by atomic mass is 16.5. The standard InChI is InChI=1S/C21H28N6O3/c1-15-5-6-16-11-17(21(28)22-19(16)10-15)12-26(13-18-4-3-8-30-18)14-20-23-24-25-27(20)7-9-29-2/h5-6,10-11,18H,3-4,7-9,12-14H2,1-2H3,(H,22,28)/p+1/t18-/m0/s1. The Labute approximate surface area is 175 Å². The van der Waals surface area contributed by atoms with E-state index in [1.165, 1.54) is 4.90 Å². The minimum atomic E-state index is -0.0445. The minimum Gasteiger partial charge on any atom is -0.383 e. The zero-order chi connectivity index (χ0) is 20.9. The van der Waals surface area contributed by atoms with Gasteiger partial charge in [-0.05, 0) is 53.3 Å². The smallest absolute Gasteiger partial charge is 0.257 e. The zero-order valence-corrected chi connectivity index (χ0v) is 17.6. The molecule has 0 spiro atoms. The highest BCUT2D eigenvalue weighted by molar-refractivity contribution is 5.79. The van der Waals surface area contributed by atoms with Crippen LogP contribution in [-0.4, -0.2) is 58.2 Å². The van der Waals surface area contributed by atoms with Gasteiger partial charge in [-0.2, -0.15) is 0 Å². The van der Waals surface area contributed by atoms with Crippen LogP contribution in [0.4, 0.5) is 0 Å². The number of methoxy groups -OCH3 is 1. The molecule has 1 saturated heterocycles. The van der Waals surface area contributed by atoms with Gasteiger partial charge in [-0.25, -0.2) is 4.68 Å². The summed E-state index contributed by atoms with van der Waals surface area (Å²) in [4.78, 5) is 17.0. The number of hydrogen-bond donors (Lipinski definition) is 2. The van der Waals surface area contributed by atoms with Crippen LogP contribution in [0.1, 0.15) is 29.8 Å². The molecule has 2 N–H and O–H groups in total. The molecular formula is C21H29N6O3+. The van der Waals surface area contributed by atoms with Crippen molar-refractivity contribution in [1.82, 2.24) is 25.2 Å². The van der Waals surface area contributed by atoms with E-state index >= 15 is 0 Å². The number of rotatable bonds is 9. The Hall–Kier alpha value is -2.62. The van der Waals surface area contributed by atoms with Crippen LogP contribution in [0.3, 0.4) is 0 Å². The summed E-state index contributed by atoms with van der Waals surface area (Å²) in [5, 5.41) is 13.1. The van der Waals surface area contributed by atoms with E-state index < -0.39 is 0 Å². The summed E-state index contributed by atoms with van der Waals surface area (Å²) in [6, 6.07) is 8.11. The fourth-order valence-electron chi connectivity index (χ4n) is 4.02. The number of ether oxygens (including phenoxy) is 2. The summed E-state index contributed by atoms with van der Waals surface area (Å²) >= 11 is 0. The fourth-order valence-corrected chi connectivity index (χ4v) is 4.02. The Balaban J connectivity index is 1.57. The van der Waals surface area contributed by atoms with Crippen LogP contribution >= 0.6 is 0 Å². The highest BCUT2D eigenvalue weighted by Gasteiger charge is 2.25. The molecule has 0 aliphatic carbocycles. The summed E-state index contributed by atoms with van der Waals surface area (Å²) in [5.41, 5.74) is 2.71. The number of fused-ring (bicyclic) bond motifs is 1. The Morgan fingerprint density at radius 2 is 2.23 bits per heavy atom. The summed E-state index contributed by atoms with van der Waals surface area (Å²) in [7, 11) is 1.66. The van der Waals surface area contributed by atoms with Crippen molar-refractivity contribution < 1.29 is 14.4 Å². The molecule has 3 heterocycles. The molecule has 2 aromatic heterocycles. The van der Waals surface area contributed by atoms with E-state index in [2.05, 4.69) is 32.6 Å². The molecular weight excluding hydrogens is 384 g/mol. The SMILES string of the molecule is COCCn1nnnc1C[NH+](Cc1cc2ccc(C)cc2[nH]c1=O)C[C@@H]1CCCO1. The van der Waals surface area contributed by atoms with E-state index in [0.717, 1.165) is 53.8 Å². The van der Waals surface area contributed by atoms with Crippen molar-refractivity contribution in [3.63, 3.8) is 0 Å². The number of quaternary nitrogens is 1. The lowest BCUT2D eigenvalue weighted by molar-refractivity contribution is -0.931. The van der Waals surface area contributed by atoms with Crippen LogP contribution in [0.2, 0.25) is 0 Å². The summed E-state index contributed by atoms with van der Waals surface area (Å²) < 4.78 is 12.8. The summed E-state index contributed by atoms with van der Waals surface area (Å²) in [5.74, 6) is 0.785. The average molecular weight is 414 g/mol. The van der Waals surface area contributed by atoms with Crippen molar-refractivity contribution in [2.75, 3.05) is 26.9 Å². The molecule has 3 aromatic rings. The fraction of sp³-hybridized carbons (Fsp3) is 0.524. The number of aromatic nitrogens is 5. The molecule has 0 radical (unpaired) electrons. The Kier molecular flexibility index (Phi) is 6.51. The van der Waals surface area contributed by atoms with Gasteiger partial charge < -0.3 is 19.4 Å². The first-order valence-corrected chi connectivity index (χ1v) is 10.4. The molecule has 160 valence electrons. The molecule has 0 amide bonds. The molecule has 1 unspecified atom stereocenters. The van der Waals surface area contributed by atoms with Crippen molar-refractivity contribution in [2.24, 2.45) is 0 Å². The molecule has 1 aromatic carbocycles. The number of benzene rings is 1. The second-order valence-corrected chi connectivity index (χ2v) is 7.97. The van der Waals surface area contributed by atoms with Crippen molar-refractivity contribution in [3.05, 3.63) is 51.6 Å². The van der Waals surface area contributed by atoms with Gasteiger partial charge >= 0.3 is 0 Å². The van der Waals surface area contributed by atoms with Gasteiger partial charge in [0.1, 0.15) is 25.7 Å². The van der Waals surface area contributed by atoms with Gasteiger partial charge in [0.05, 0.1) is 18.7 Å². The maximum absolute atomic E-state index is 12.8. The number of tetrazole rings is 1. The Morgan fingerprint density at radius 3 is 3.03 bits per heavy atom. The van der Waals surface area contributed by atoms with Gasteiger partial charge in [0, 0.05) is 19.2 Å². The second kappa shape index (κ2) is 9.46. The quantitative estimate of drug-likeness (QED) is 0.521. The van der Waals surface area contributed by atoms with Crippen molar-refractivity contribution >= 4 is 10.9 Å². The maximum atomic E-state index is 12.8. The largest absolute Gasteiger partial charge is 0.383 e. The van der Waals surface area contributed by atoms with E-state index in [1.54, 1.807) is 11.8 Å². The van der Waals surface area contributed by atoms with Crippen molar-refractivity contribution in [2.45, 2.75) is 45.5 Å². The number of pyridine rings is 1. The number of H-pyrrole nitrogens is 1. The van der Waals surface area contributed by atoms with Crippen LogP contribution in [0, 0.1) is 6.92 Å². The third kappa shape index (κ3) is 4.92. The Morgan fingerprint density at radius 1 is 1.33 bits per heavy atom. The average Bonchev–Trinajstić information content (AvgIpc) is 3.39. The van der Waals surface area contributed by atoms with Gasteiger partial charge in [-0.3, -0.25) is 4.79 Å². The molecule has 1 aliphatic rings. The molecule has 9 heteroatoms. The van der Waals surface area contributed by atoms with Crippen molar-refractivity contribution in [3.8, 4) is 0 Å².